The van der Waals surface area contributed by atoms with E-state index in [0.29, 0.717) is 0 Å². The number of methoxy groups -OCH3 is 1. The van der Waals surface area contributed by atoms with E-state index < -0.39 is 0 Å². The molecule has 0 spiro atoms. The first-order valence-corrected chi connectivity index (χ1v) is 10.9. The maximum Gasteiger partial charge on any atom is 0.196 e. The maximum absolute atomic E-state index is 5.33. The van der Waals surface area contributed by atoms with Crippen LogP contribution in [0.1, 0.15) is 22.3 Å². The summed E-state index contributed by atoms with van der Waals surface area (Å²) in [4.78, 5) is 0. The summed E-state index contributed by atoms with van der Waals surface area (Å²) in [6.45, 7) is 6.37. The standard InChI is InChI=1S/C25H25N3OS/c1-17-6-5-7-20(14-17)24-26-27-25(28(24)22-10-12-23(29-4)13-11-22)30-16-21-15-18(2)8-9-19(21)3/h5-15H,16H2,1-4H3. The molecule has 0 saturated carbocycles. The van der Waals surface area contributed by atoms with Crippen LogP contribution in [0, 0.1) is 20.8 Å². The quantitative estimate of drug-likeness (QED) is 0.354. The Hall–Kier alpha value is -3.05. The van der Waals surface area contributed by atoms with Crippen LogP contribution < -0.4 is 4.74 Å². The van der Waals surface area contributed by atoms with Gasteiger partial charge in [0.1, 0.15) is 5.75 Å². The molecule has 4 aromatic rings. The number of aryl methyl sites for hydroxylation is 3. The number of benzene rings is 3. The fourth-order valence-electron chi connectivity index (χ4n) is 3.40. The Labute approximate surface area is 181 Å². The van der Waals surface area contributed by atoms with Gasteiger partial charge in [0.25, 0.3) is 0 Å². The highest BCUT2D eigenvalue weighted by molar-refractivity contribution is 7.98. The second-order valence-corrected chi connectivity index (χ2v) is 8.37. The van der Waals surface area contributed by atoms with Crippen LogP contribution in [-0.4, -0.2) is 21.9 Å². The van der Waals surface area contributed by atoms with Gasteiger partial charge in [-0.15, -0.1) is 10.2 Å². The number of hydrogen-bond donors (Lipinski definition) is 0. The number of thioether (sulfide) groups is 1. The highest BCUT2D eigenvalue weighted by Crippen LogP contribution is 2.31. The lowest BCUT2D eigenvalue weighted by atomic mass is 10.1. The summed E-state index contributed by atoms with van der Waals surface area (Å²) in [5.74, 6) is 2.51. The first kappa shape index (κ1) is 20.2. The van der Waals surface area contributed by atoms with Gasteiger partial charge < -0.3 is 4.74 Å². The largest absolute Gasteiger partial charge is 0.497 e. The van der Waals surface area contributed by atoms with Gasteiger partial charge in [0.2, 0.25) is 0 Å². The molecular formula is C25H25N3OS. The SMILES string of the molecule is COc1ccc(-n2c(SCc3cc(C)ccc3C)nnc2-c2cccc(C)c2)cc1. The fourth-order valence-corrected chi connectivity index (χ4v) is 4.41. The minimum atomic E-state index is 0.827. The van der Waals surface area contributed by atoms with Crippen molar-refractivity contribution in [3.63, 3.8) is 0 Å². The van der Waals surface area contributed by atoms with Crippen LogP contribution in [-0.2, 0) is 5.75 Å². The summed E-state index contributed by atoms with van der Waals surface area (Å²) in [6.07, 6.45) is 0. The Kier molecular flexibility index (Phi) is 5.91. The van der Waals surface area contributed by atoms with Crippen LogP contribution in [0.3, 0.4) is 0 Å². The van der Waals surface area contributed by atoms with Crippen molar-refractivity contribution < 1.29 is 4.74 Å². The van der Waals surface area contributed by atoms with Gasteiger partial charge in [-0.2, -0.15) is 0 Å². The van der Waals surface area contributed by atoms with Crippen LogP contribution in [0.5, 0.6) is 5.75 Å². The van der Waals surface area contributed by atoms with Gasteiger partial charge in [-0.25, -0.2) is 0 Å². The number of rotatable bonds is 6. The molecule has 0 saturated heterocycles. The van der Waals surface area contributed by atoms with Gasteiger partial charge in [-0.3, -0.25) is 4.57 Å². The molecule has 0 aliphatic rings. The van der Waals surface area contributed by atoms with Gasteiger partial charge >= 0.3 is 0 Å². The van der Waals surface area contributed by atoms with Crippen molar-refractivity contribution in [1.29, 1.82) is 0 Å². The number of hydrogen-bond acceptors (Lipinski definition) is 4. The van der Waals surface area contributed by atoms with Gasteiger partial charge in [-0.05, 0) is 62.2 Å². The van der Waals surface area contributed by atoms with Crippen molar-refractivity contribution in [2.75, 3.05) is 7.11 Å². The minimum Gasteiger partial charge on any atom is -0.497 e. The molecule has 0 N–H and O–H groups in total. The van der Waals surface area contributed by atoms with Gasteiger partial charge in [0, 0.05) is 17.0 Å². The summed E-state index contributed by atoms with van der Waals surface area (Å²) in [7, 11) is 1.68. The molecule has 4 nitrogen and oxygen atoms in total. The molecular weight excluding hydrogens is 390 g/mol. The zero-order valence-corrected chi connectivity index (χ0v) is 18.5. The van der Waals surface area contributed by atoms with E-state index in [0.717, 1.165) is 33.7 Å². The maximum atomic E-state index is 5.33. The molecule has 30 heavy (non-hydrogen) atoms. The van der Waals surface area contributed by atoms with Crippen molar-refractivity contribution >= 4 is 11.8 Å². The van der Waals surface area contributed by atoms with E-state index in [9.17, 15) is 0 Å². The fraction of sp³-hybridized carbons (Fsp3) is 0.200. The van der Waals surface area contributed by atoms with E-state index in [2.05, 4.69) is 78.0 Å². The monoisotopic (exact) mass is 415 g/mol. The molecule has 4 rings (SSSR count). The molecule has 5 heteroatoms. The lowest BCUT2D eigenvalue weighted by molar-refractivity contribution is 0.414. The Balaban J connectivity index is 1.75. The van der Waals surface area contributed by atoms with E-state index in [1.165, 1.54) is 22.3 Å². The third kappa shape index (κ3) is 4.26. The molecule has 0 fully saturated rings. The third-order valence-electron chi connectivity index (χ3n) is 5.10. The first-order valence-electron chi connectivity index (χ1n) is 9.91. The van der Waals surface area contributed by atoms with Crippen LogP contribution in [0.4, 0.5) is 0 Å². The molecule has 0 atom stereocenters. The molecule has 3 aromatic carbocycles. The summed E-state index contributed by atoms with van der Waals surface area (Å²) in [5.41, 5.74) is 7.15. The number of nitrogens with zero attached hydrogens (tertiary/aromatic N) is 3. The van der Waals surface area contributed by atoms with Crippen molar-refractivity contribution in [3.8, 4) is 22.8 Å². The Morgan fingerprint density at radius 3 is 2.37 bits per heavy atom. The highest BCUT2D eigenvalue weighted by Gasteiger charge is 2.17. The molecule has 0 aliphatic heterocycles. The zero-order valence-electron chi connectivity index (χ0n) is 17.7. The Morgan fingerprint density at radius 1 is 0.867 bits per heavy atom. The molecule has 0 radical (unpaired) electrons. The van der Waals surface area contributed by atoms with Gasteiger partial charge in [-0.1, -0.05) is 59.3 Å². The number of aromatic nitrogens is 3. The number of ether oxygens (including phenoxy) is 1. The Morgan fingerprint density at radius 2 is 1.63 bits per heavy atom. The van der Waals surface area contributed by atoms with Crippen LogP contribution >= 0.6 is 11.8 Å². The highest BCUT2D eigenvalue weighted by atomic mass is 32.2. The topological polar surface area (TPSA) is 39.9 Å². The molecule has 152 valence electrons. The molecule has 1 aromatic heterocycles. The summed E-state index contributed by atoms with van der Waals surface area (Å²) in [5, 5.41) is 9.99. The van der Waals surface area contributed by atoms with E-state index in [1.807, 2.05) is 24.3 Å². The van der Waals surface area contributed by atoms with Crippen molar-refractivity contribution in [3.05, 3.63) is 89.0 Å². The summed E-state index contributed by atoms with van der Waals surface area (Å²) < 4.78 is 7.46. The predicted octanol–water partition coefficient (Wildman–Crippen LogP) is 6.16. The van der Waals surface area contributed by atoms with Crippen molar-refractivity contribution in [1.82, 2.24) is 14.8 Å². The van der Waals surface area contributed by atoms with E-state index in [-0.39, 0.29) is 0 Å². The van der Waals surface area contributed by atoms with Crippen molar-refractivity contribution in [2.45, 2.75) is 31.7 Å². The normalized spacial score (nSPS) is 10.9. The molecule has 1 heterocycles. The van der Waals surface area contributed by atoms with Gasteiger partial charge in [0.15, 0.2) is 11.0 Å². The van der Waals surface area contributed by atoms with Crippen LogP contribution in [0.25, 0.3) is 17.1 Å². The van der Waals surface area contributed by atoms with Gasteiger partial charge in [0.05, 0.1) is 7.11 Å². The average Bonchev–Trinajstić information content (AvgIpc) is 3.18. The summed E-state index contributed by atoms with van der Waals surface area (Å²) in [6, 6.07) is 23.0. The summed E-state index contributed by atoms with van der Waals surface area (Å²) >= 11 is 1.71. The van der Waals surface area contributed by atoms with Crippen molar-refractivity contribution in [2.24, 2.45) is 0 Å². The molecule has 0 aliphatic carbocycles. The van der Waals surface area contributed by atoms with E-state index >= 15 is 0 Å². The molecule has 0 amide bonds. The predicted molar refractivity (Wildman–Crippen MR) is 124 cm³/mol. The molecule has 0 bridgehead atoms. The average molecular weight is 416 g/mol. The zero-order chi connectivity index (χ0) is 21.1. The second kappa shape index (κ2) is 8.76. The van der Waals surface area contributed by atoms with Crippen LogP contribution in [0.15, 0.2) is 71.9 Å². The lowest BCUT2D eigenvalue weighted by Crippen LogP contribution is -2.00. The third-order valence-corrected chi connectivity index (χ3v) is 6.08. The smallest absolute Gasteiger partial charge is 0.196 e. The van der Waals surface area contributed by atoms with Crippen LogP contribution in [0.2, 0.25) is 0 Å². The molecule has 0 unspecified atom stereocenters. The second-order valence-electron chi connectivity index (χ2n) is 7.43. The lowest BCUT2D eigenvalue weighted by Gasteiger charge is -2.12. The van der Waals surface area contributed by atoms with E-state index in [1.54, 1.807) is 18.9 Å². The first-order chi connectivity index (χ1) is 14.5. The Bertz CT molecular complexity index is 1170. The minimum absolute atomic E-state index is 0.827. The van der Waals surface area contributed by atoms with E-state index in [4.69, 9.17) is 4.74 Å².